The maximum absolute atomic E-state index is 12.6. The van der Waals surface area contributed by atoms with Gasteiger partial charge < -0.3 is 20.9 Å². The third-order valence-corrected chi connectivity index (χ3v) is 3.70. The first-order valence-corrected chi connectivity index (χ1v) is 7.86. The van der Waals surface area contributed by atoms with Crippen molar-refractivity contribution in [3.63, 3.8) is 0 Å². The normalized spacial score (nSPS) is 11.8. The molecule has 0 saturated heterocycles. The number of carbonyl (C=O) groups excluding carboxylic acids is 1. The number of aromatic hydroxyl groups is 1. The van der Waals surface area contributed by atoms with Crippen molar-refractivity contribution < 1.29 is 14.6 Å². The molecule has 128 valence electrons. The van der Waals surface area contributed by atoms with Crippen molar-refractivity contribution in [3.8, 4) is 11.5 Å². The Morgan fingerprint density at radius 2 is 2.12 bits per heavy atom. The number of amides is 1. The van der Waals surface area contributed by atoms with Crippen LogP contribution in [0.5, 0.6) is 11.5 Å². The molecule has 6 heteroatoms. The molecule has 0 spiro atoms. The molecule has 4 N–H and O–H groups in total. The molecule has 0 aliphatic carbocycles. The SMILES string of the molecule is CCCC(NC(=O)c1cc(OC)ccc1O)c1cc(C)cc(N)n1. The predicted molar refractivity (Wildman–Crippen MR) is 93.2 cm³/mol. The van der Waals surface area contributed by atoms with Gasteiger partial charge in [-0.05, 0) is 49.2 Å². The Morgan fingerprint density at radius 3 is 2.75 bits per heavy atom. The first kappa shape index (κ1) is 17.6. The second-order valence-corrected chi connectivity index (χ2v) is 5.69. The summed E-state index contributed by atoms with van der Waals surface area (Å²) in [6, 6.07) is 7.94. The number of ether oxygens (including phenoxy) is 1. The highest BCUT2D eigenvalue weighted by molar-refractivity contribution is 5.97. The summed E-state index contributed by atoms with van der Waals surface area (Å²) < 4.78 is 5.11. The molecule has 1 atom stereocenters. The van der Waals surface area contributed by atoms with Crippen LogP contribution >= 0.6 is 0 Å². The van der Waals surface area contributed by atoms with E-state index in [2.05, 4.69) is 10.3 Å². The topological polar surface area (TPSA) is 97.5 Å². The molecule has 2 aromatic rings. The number of nitrogens with two attached hydrogens (primary N) is 1. The fourth-order valence-electron chi connectivity index (χ4n) is 2.54. The summed E-state index contributed by atoms with van der Waals surface area (Å²) in [6.07, 6.45) is 1.58. The number of methoxy groups -OCH3 is 1. The number of aromatic nitrogens is 1. The maximum atomic E-state index is 12.6. The predicted octanol–water partition coefficient (Wildman–Crippen LogP) is 2.96. The smallest absolute Gasteiger partial charge is 0.255 e. The zero-order valence-corrected chi connectivity index (χ0v) is 14.2. The number of nitrogens with one attached hydrogen (secondary N) is 1. The van der Waals surface area contributed by atoms with E-state index in [0.717, 1.165) is 12.0 Å². The molecule has 0 aliphatic heterocycles. The van der Waals surface area contributed by atoms with Gasteiger partial charge in [-0.25, -0.2) is 4.98 Å². The van der Waals surface area contributed by atoms with Gasteiger partial charge >= 0.3 is 0 Å². The van der Waals surface area contributed by atoms with Crippen LogP contribution in [0.15, 0.2) is 30.3 Å². The summed E-state index contributed by atoms with van der Waals surface area (Å²) in [5.74, 6) is 0.444. The zero-order chi connectivity index (χ0) is 17.7. The fraction of sp³-hybridized carbons (Fsp3) is 0.333. The number of nitrogens with zero attached hydrogens (tertiary/aromatic N) is 1. The van der Waals surface area contributed by atoms with Crippen molar-refractivity contribution in [2.24, 2.45) is 0 Å². The summed E-state index contributed by atoms with van der Waals surface area (Å²) in [5, 5.41) is 12.9. The minimum absolute atomic E-state index is 0.0970. The standard InChI is InChI=1S/C18H23N3O3/c1-4-5-14(15-8-11(2)9-17(19)20-15)21-18(23)13-10-12(24-3)6-7-16(13)22/h6-10,14,22H,4-5H2,1-3H3,(H2,19,20)(H,21,23). The number of aryl methyl sites for hydroxylation is 1. The van der Waals surface area contributed by atoms with Crippen LogP contribution in [0.25, 0.3) is 0 Å². The summed E-state index contributed by atoms with van der Waals surface area (Å²) in [4.78, 5) is 16.9. The number of anilines is 1. The van der Waals surface area contributed by atoms with Gasteiger partial charge in [-0.1, -0.05) is 13.3 Å². The molecule has 1 unspecified atom stereocenters. The van der Waals surface area contributed by atoms with Crippen molar-refractivity contribution in [3.05, 3.63) is 47.2 Å². The highest BCUT2D eigenvalue weighted by Gasteiger charge is 2.19. The first-order valence-electron chi connectivity index (χ1n) is 7.86. The van der Waals surface area contributed by atoms with E-state index in [1.807, 2.05) is 19.9 Å². The number of rotatable bonds is 6. The van der Waals surface area contributed by atoms with E-state index in [1.165, 1.54) is 19.2 Å². The van der Waals surface area contributed by atoms with Gasteiger partial charge in [-0.2, -0.15) is 0 Å². The van der Waals surface area contributed by atoms with Crippen LogP contribution in [-0.2, 0) is 0 Å². The van der Waals surface area contributed by atoms with Crippen LogP contribution in [-0.4, -0.2) is 23.1 Å². The Labute approximate surface area is 141 Å². The van der Waals surface area contributed by atoms with Crippen molar-refractivity contribution >= 4 is 11.7 Å². The Morgan fingerprint density at radius 1 is 1.38 bits per heavy atom. The minimum Gasteiger partial charge on any atom is -0.507 e. The highest BCUT2D eigenvalue weighted by Crippen LogP contribution is 2.25. The summed E-state index contributed by atoms with van der Waals surface area (Å²) in [7, 11) is 1.51. The van der Waals surface area contributed by atoms with E-state index in [9.17, 15) is 9.90 Å². The highest BCUT2D eigenvalue weighted by atomic mass is 16.5. The molecule has 0 aliphatic rings. The molecule has 1 aromatic heterocycles. The van der Waals surface area contributed by atoms with E-state index in [-0.39, 0.29) is 23.3 Å². The number of hydrogen-bond donors (Lipinski definition) is 3. The lowest BCUT2D eigenvalue weighted by atomic mass is 10.0. The van der Waals surface area contributed by atoms with Crippen molar-refractivity contribution in [2.75, 3.05) is 12.8 Å². The molecule has 1 amide bonds. The number of nitrogen functional groups attached to an aromatic ring is 1. The second-order valence-electron chi connectivity index (χ2n) is 5.69. The van der Waals surface area contributed by atoms with Crippen LogP contribution in [0.4, 0.5) is 5.82 Å². The average molecular weight is 329 g/mol. The molecular weight excluding hydrogens is 306 g/mol. The quantitative estimate of drug-likeness (QED) is 0.757. The summed E-state index contributed by atoms with van der Waals surface area (Å²) >= 11 is 0. The minimum atomic E-state index is -0.383. The Hall–Kier alpha value is -2.76. The van der Waals surface area contributed by atoms with E-state index in [4.69, 9.17) is 10.5 Å². The molecule has 0 fully saturated rings. The van der Waals surface area contributed by atoms with Crippen molar-refractivity contribution in [1.29, 1.82) is 0 Å². The van der Waals surface area contributed by atoms with Gasteiger partial charge in [0.15, 0.2) is 0 Å². The molecule has 6 nitrogen and oxygen atoms in total. The van der Waals surface area contributed by atoms with Crippen LogP contribution in [0, 0.1) is 6.92 Å². The van der Waals surface area contributed by atoms with Crippen LogP contribution in [0.2, 0.25) is 0 Å². The van der Waals surface area contributed by atoms with Crippen molar-refractivity contribution in [1.82, 2.24) is 10.3 Å². The lowest BCUT2D eigenvalue weighted by Gasteiger charge is -2.19. The molecule has 0 saturated carbocycles. The number of pyridine rings is 1. The maximum Gasteiger partial charge on any atom is 0.255 e. The lowest BCUT2D eigenvalue weighted by molar-refractivity contribution is 0.0930. The number of carbonyl (C=O) groups is 1. The Balaban J connectivity index is 2.28. The van der Waals surface area contributed by atoms with Crippen molar-refractivity contribution in [2.45, 2.75) is 32.7 Å². The van der Waals surface area contributed by atoms with Gasteiger partial charge in [0.05, 0.1) is 24.4 Å². The van der Waals surface area contributed by atoms with Crippen LogP contribution in [0.3, 0.4) is 0 Å². The second kappa shape index (κ2) is 7.68. The number of hydrogen-bond acceptors (Lipinski definition) is 5. The number of benzene rings is 1. The van der Waals surface area contributed by atoms with Gasteiger partial charge in [-0.15, -0.1) is 0 Å². The van der Waals surface area contributed by atoms with Gasteiger partial charge in [0.25, 0.3) is 5.91 Å². The lowest BCUT2D eigenvalue weighted by Crippen LogP contribution is -2.29. The Bertz CT molecular complexity index is 711. The van der Waals surface area contributed by atoms with E-state index >= 15 is 0 Å². The third kappa shape index (κ3) is 4.16. The summed E-state index contributed by atoms with van der Waals surface area (Å²) in [6.45, 7) is 3.96. The molecule has 2 rings (SSSR count). The Kier molecular flexibility index (Phi) is 5.63. The number of phenolic OH excluding ortho intramolecular Hbond substituents is 1. The monoisotopic (exact) mass is 329 g/mol. The number of phenols is 1. The van der Waals surface area contributed by atoms with Gasteiger partial charge in [0.2, 0.25) is 0 Å². The fourth-order valence-corrected chi connectivity index (χ4v) is 2.54. The third-order valence-electron chi connectivity index (χ3n) is 3.70. The van der Waals surface area contributed by atoms with Gasteiger partial charge in [-0.3, -0.25) is 4.79 Å². The summed E-state index contributed by atoms with van der Waals surface area (Å²) in [5.41, 5.74) is 7.68. The largest absolute Gasteiger partial charge is 0.507 e. The molecule has 1 aromatic carbocycles. The van der Waals surface area contributed by atoms with Crippen LogP contribution in [0.1, 0.15) is 47.4 Å². The van der Waals surface area contributed by atoms with E-state index in [1.54, 1.807) is 12.1 Å². The molecule has 0 bridgehead atoms. The molecule has 0 radical (unpaired) electrons. The van der Waals surface area contributed by atoms with Gasteiger partial charge in [0.1, 0.15) is 17.3 Å². The molecule has 1 heterocycles. The van der Waals surface area contributed by atoms with Crippen LogP contribution < -0.4 is 15.8 Å². The van der Waals surface area contributed by atoms with E-state index in [0.29, 0.717) is 23.7 Å². The molecule has 24 heavy (non-hydrogen) atoms. The molecular formula is C18H23N3O3. The van der Waals surface area contributed by atoms with Gasteiger partial charge in [0, 0.05) is 0 Å². The van der Waals surface area contributed by atoms with E-state index < -0.39 is 0 Å². The zero-order valence-electron chi connectivity index (χ0n) is 14.2. The average Bonchev–Trinajstić information content (AvgIpc) is 2.54. The first-order chi connectivity index (χ1) is 11.4.